The summed E-state index contributed by atoms with van der Waals surface area (Å²) in [6.07, 6.45) is 28.5. The van der Waals surface area contributed by atoms with Gasteiger partial charge in [0.25, 0.3) is 10.1 Å². The molecule has 210 valence electrons. The average Bonchev–Trinajstić information content (AvgIpc) is 2.82. The van der Waals surface area contributed by atoms with E-state index in [9.17, 15) is 22.9 Å². The molecule has 0 radical (unpaired) electrons. The van der Waals surface area contributed by atoms with Crippen LogP contribution in [-0.4, -0.2) is 41.9 Å². The lowest BCUT2D eigenvalue weighted by atomic mass is 10.1. The van der Waals surface area contributed by atoms with Crippen LogP contribution >= 0.6 is 0 Å². The van der Waals surface area contributed by atoms with Crippen LogP contribution in [0.4, 0.5) is 0 Å². The smallest absolute Gasteiger partial charge is 0.267 e. The van der Waals surface area contributed by atoms with Crippen LogP contribution in [0, 0.1) is 0 Å². The monoisotopic (exact) mass is 527 g/mol. The van der Waals surface area contributed by atoms with Gasteiger partial charge in [0.15, 0.2) is 0 Å². The van der Waals surface area contributed by atoms with Gasteiger partial charge < -0.3 is 10.4 Å². The van der Waals surface area contributed by atoms with Crippen LogP contribution in [0.2, 0.25) is 0 Å². The van der Waals surface area contributed by atoms with Crippen molar-refractivity contribution < 1.29 is 22.9 Å². The summed E-state index contributed by atoms with van der Waals surface area (Å²) < 4.78 is 32.0. The molecular weight excluding hydrogens is 474 g/mol. The van der Waals surface area contributed by atoms with Crippen LogP contribution in [0.3, 0.4) is 0 Å². The molecular formula is C29H53NO5S. The Morgan fingerprint density at radius 3 is 1.75 bits per heavy atom. The van der Waals surface area contributed by atoms with Crippen molar-refractivity contribution in [3.8, 4) is 0 Å². The first-order valence-electron chi connectivity index (χ1n) is 14.2. The second-order valence-electron chi connectivity index (χ2n) is 9.66. The van der Waals surface area contributed by atoms with Gasteiger partial charge in [-0.2, -0.15) is 8.42 Å². The van der Waals surface area contributed by atoms with Crippen molar-refractivity contribution in [2.45, 2.75) is 135 Å². The molecule has 1 amide bonds. The number of hydrogen-bond acceptors (Lipinski definition) is 4. The van der Waals surface area contributed by atoms with Gasteiger partial charge in [-0.1, -0.05) is 95.2 Å². The van der Waals surface area contributed by atoms with Crippen LogP contribution in [-0.2, 0) is 14.9 Å². The Kier molecular flexibility index (Phi) is 23.0. The number of carbonyl (C=O) groups is 1. The number of hydrogen-bond donors (Lipinski definition) is 3. The number of nitrogens with one attached hydrogen (secondary N) is 1. The van der Waals surface area contributed by atoms with E-state index in [2.05, 4.69) is 43.5 Å². The minimum atomic E-state index is -4.34. The zero-order chi connectivity index (χ0) is 26.9. The molecule has 0 fully saturated rings. The summed E-state index contributed by atoms with van der Waals surface area (Å²) in [4.78, 5) is 12.3. The molecule has 2 unspecified atom stereocenters. The van der Waals surface area contributed by atoms with Crippen molar-refractivity contribution in [1.29, 1.82) is 0 Å². The third-order valence-corrected chi connectivity index (χ3v) is 6.82. The maximum atomic E-state index is 12.3. The van der Waals surface area contributed by atoms with E-state index in [1.165, 1.54) is 51.0 Å². The second-order valence-corrected chi connectivity index (χ2v) is 11.2. The molecule has 0 aromatic heterocycles. The summed E-state index contributed by atoms with van der Waals surface area (Å²) >= 11 is 0. The largest absolute Gasteiger partial charge is 0.387 e. The standard InChI is InChI=1S/C29H53NO5S/c1-3-5-7-9-11-13-14-15-17-19-21-23-25-29(32)30-27(26-36(33,34)35)28(31)24-22-20-18-16-12-10-8-6-4-2/h11-13,16,22,24,27-28,31H,3-10,14-15,17-21,23,25-26H2,1-2H3,(H,30,32)(H,33,34,35)/b13-11-,16-12+,24-22+. The molecule has 0 aromatic carbocycles. The minimum Gasteiger partial charge on any atom is -0.387 e. The highest BCUT2D eigenvalue weighted by atomic mass is 32.2. The van der Waals surface area contributed by atoms with Gasteiger partial charge in [-0.25, -0.2) is 0 Å². The summed E-state index contributed by atoms with van der Waals surface area (Å²) in [6, 6.07) is -1.07. The SMILES string of the molecule is CCCCC/C=C\CCCCCCCC(=O)NC(CS(=O)(=O)O)C(O)/C=C/CC/C=C/CCCCC. The molecule has 0 aliphatic carbocycles. The molecule has 0 aromatic rings. The van der Waals surface area contributed by atoms with E-state index in [1.54, 1.807) is 6.08 Å². The van der Waals surface area contributed by atoms with Crippen molar-refractivity contribution in [3.63, 3.8) is 0 Å². The van der Waals surface area contributed by atoms with Crippen molar-refractivity contribution in [2.24, 2.45) is 0 Å². The van der Waals surface area contributed by atoms with Gasteiger partial charge >= 0.3 is 0 Å². The van der Waals surface area contributed by atoms with Crippen molar-refractivity contribution in [3.05, 3.63) is 36.5 Å². The van der Waals surface area contributed by atoms with E-state index in [-0.39, 0.29) is 12.3 Å². The first-order chi connectivity index (χ1) is 17.3. The summed E-state index contributed by atoms with van der Waals surface area (Å²) in [5, 5.41) is 13.0. The second kappa shape index (κ2) is 23.9. The number of aliphatic hydroxyl groups is 1. The molecule has 6 nitrogen and oxygen atoms in total. The molecule has 2 atom stereocenters. The van der Waals surface area contributed by atoms with E-state index in [0.717, 1.165) is 44.9 Å². The predicted molar refractivity (Wildman–Crippen MR) is 152 cm³/mol. The number of rotatable bonds is 24. The zero-order valence-corrected chi connectivity index (χ0v) is 23.7. The number of unbranched alkanes of at least 4 members (excludes halogenated alkanes) is 12. The Balaban J connectivity index is 4.21. The van der Waals surface area contributed by atoms with E-state index in [0.29, 0.717) is 12.8 Å². The number of aliphatic hydroxyl groups excluding tert-OH is 1. The van der Waals surface area contributed by atoms with Gasteiger partial charge in [0, 0.05) is 6.42 Å². The lowest BCUT2D eigenvalue weighted by Crippen LogP contribution is -2.46. The summed E-state index contributed by atoms with van der Waals surface area (Å²) in [5.74, 6) is -1.02. The fraction of sp³-hybridized carbons (Fsp3) is 0.759. The molecule has 7 heteroatoms. The highest BCUT2D eigenvalue weighted by Crippen LogP contribution is 2.10. The first-order valence-corrected chi connectivity index (χ1v) is 15.8. The quantitative estimate of drug-likeness (QED) is 0.0708. The van der Waals surface area contributed by atoms with Crippen LogP contribution in [0.15, 0.2) is 36.5 Å². The molecule has 36 heavy (non-hydrogen) atoms. The first kappa shape index (κ1) is 34.6. The van der Waals surface area contributed by atoms with Gasteiger partial charge in [-0.15, -0.1) is 0 Å². The van der Waals surface area contributed by atoms with Gasteiger partial charge in [-0.3, -0.25) is 9.35 Å². The van der Waals surface area contributed by atoms with Crippen molar-refractivity contribution >= 4 is 16.0 Å². The Hall–Kier alpha value is -1.44. The summed E-state index contributed by atoms with van der Waals surface area (Å²) in [5.41, 5.74) is 0. The van der Waals surface area contributed by atoms with Gasteiger partial charge in [0.1, 0.15) is 0 Å². The maximum absolute atomic E-state index is 12.3. The van der Waals surface area contributed by atoms with E-state index in [4.69, 9.17) is 0 Å². The van der Waals surface area contributed by atoms with E-state index >= 15 is 0 Å². The third-order valence-electron chi connectivity index (χ3n) is 6.04. The van der Waals surface area contributed by atoms with Crippen LogP contribution < -0.4 is 5.32 Å². The number of carbonyl (C=O) groups excluding carboxylic acids is 1. The molecule has 0 aliphatic rings. The van der Waals surface area contributed by atoms with Gasteiger partial charge in [0.05, 0.1) is 17.9 Å². The topological polar surface area (TPSA) is 104 Å². The minimum absolute atomic E-state index is 0.276. The maximum Gasteiger partial charge on any atom is 0.267 e. The Morgan fingerprint density at radius 2 is 1.19 bits per heavy atom. The van der Waals surface area contributed by atoms with Crippen LogP contribution in [0.1, 0.15) is 123 Å². The third kappa shape index (κ3) is 24.3. The lowest BCUT2D eigenvalue weighted by molar-refractivity contribution is -0.122. The van der Waals surface area contributed by atoms with E-state index in [1.807, 2.05) is 0 Å². The average molecular weight is 528 g/mol. The summed E-state index contributed by atoms with van der Waals surface area (Å²) in [7, 11) is -4.34. The van der Waals surface area contributed by atoms with Crippen LogP contribution in [0.5, 0.6) is 0 Å². The zero-order valence-electron chi connectivity index (χ0n) is 22.9. The Labute approximate surface area is 221 Å². The van der Waals surface area contributed by atoms with E-state index < -0.39 is 28.0 Å². The number of allylic oxidation sites excluding steroid dienone is 5. The normalized spacial score (nSPS) is 14.2. The molecule has 0 saturated carbocycles. The van der Waals surface area contributed by atoms with Crippen molar-refractivity contribution in [2.75, 3.05) is 5.75 Å². The molecule has 0 saturated heterocycles. The van der Waals surface area contributed by atoms with Gasteiger partial charge in [0.2, 0.25) is 5.91 Å². The molecule has 0 heterocycles. The highest BCUT2D eigenvalue weighted by Gasteiger charge is 2.24. The van der Waals surface area contributed by atoms with Gasteiger partial charge in [-0.05, 0) is 57.8 Å². The molecule has 0 spiro atoms. The fourth-order valence-electron chi connectivity index (χ4n) is 3.87. The van der Waals surface area contributed by atoms with Crippen molar-refractivity contribution in [1.82, 2.24) is 5.32 Å². The molecule has 3 N–H and O–H groups in total. The summed E-state index contributed by atoms with van der Waals surface area (Å²) in [6.45, 7) is 4.39. The highest BCUT2D eigenvalue weighted by molar-refractivity contribution is 7.85. The molecule has 0 bridgehead atoms. The Bertz CT molecular complexity index is 715. The molecule has 0 rings (SSSR count). The predicted octanol–water partition coefficient (Wildman–Crippen LogP) is 7.06. The van der Waals surface area contributed by atoms with Crippen LogP contribution in [0.25, 0.3) is 0 Å². The number of amides is 1. The lowest BCUT2D eigenvalue weighted by Gasteiger charge is -2.21. The Morgan fingerprint density at radius 1 is 0.722 bits per heavy atom. The molecule has 0 aliphatic heterocycles. The fourth-order valence-corrected chi connectivity index (χ4v) is 4.60.